The zero-order chi connectivity index (χ0) is 11.7. The van der Waals surface area contributed by atoms with Gasteiger partial charge in [-0.15, -0.1) is 0 Å². The highest BCUT2D eigenvalue weighted by Gasteiger charge is 2.14. The van der Waals surface area contributed by atoms with Gasteiger partial charge in [0.05, 0.1) is 6.20 Å². The summed E-state index contributed by atoms with van der Waals surface area (Å²) in [6.45, 7) is 4.20. The SMILES string of the molecule is Cc1cnn(-c2cc(N3CCCC3)ncn2)c1. The van der Waals surface area contributed by atoms with Gasteiger partial charge in [0.15, 0.2) is 5.82 Å². The van der Waals surface area contributed by atoms with E-state index in [1.165, 1.54) is 12.8 Å². The first kappa shape index (κ1) is 10.3. The predicted octanol–water partition coefficient (Wildman–Crippen LogP) is 1.57. The van der Waals surface area contributed by atoms with Crippen LogP contribution in [0.5, 0.6) is 0 Å². The quantitative estimate of drug-likeness (QED) is 0.784. The van der Waals surface area contributed by atoms with E-state index in [9.17, 15) is 0 Å². The third-order valence-corrected chi connectivity index (χ3v) is 3.01. The van der Waals surface area contributed by atoms with E-state index in [4.69, 9.17) is 0 Å². The van der Waals surface area contributed by atoms with Gasteiger partial charge in [0.25, 0.3) is 0 Å². The summed E-state index contributed by atoms with van der Waals surface area (Å²) in [4.78, 5) is 10.9. The Morgan fingerprint density at radius 1 is 1.12 bits per heavy atom. The molecule has 5 heteroatoms. The molecule has 5 nitrogen and oxygen atoms in total. The molecule has 0 aromatic carbocycles. The van der Waals surface area contributed by atoms with Crippen molar-refractivity contribution >= 4 is 5.82 Å². The number of anilines is 1. The van der Waals surface area contributed by atoms with Gasteiger partial charge in [0.1, 0.15) is 12.1 Å². The van der Waals surface area contributed by atoms with E-state index < -0.39 is 0 Å². The van der Waals surface area contributed by atoms with Crippen LogP contribution in [0.2, 0.25) is 0 Å². The van der Waals surface area contributed by atoms with Crippen LogP contribution in [-0.2, 0) is 0 Å². The average molecular weight is 229 g/mol. The summed E-state index contributed by atoms with van der Waals surface area (Å²) < 4.78 is 1.79. The second kappa shape index (κ2) is 4.16. The fourth-order valence-corrected chi connectivity index (χ4v) is 2.12. The molecule has 0 radical (unpaired) electrons. The molecule has 3 heterocycles. The van der Waals surface area contributed by atoms with E-state index in [0.29, 0.717) is 0 Å². The number of rotatable bonds is 2. The van der Waals surface area contributed by atoms with Crippen molar-refractivity contribution in [1.82, 2.24) is 19.7 Å². The van der Waals surface area contributed by atoms with Gasteiger partial charge in [0, 0.05) is 25.4 Å². The van der Waals surface area contributed by atoms with Crippen LogP contribution in [0.25, 0.3) is 5.82 Å². The molecule has 2 aromatic heterocycles. The lowest BCUT2D eigenvalue weighted by Crippen LogP contribution is -2.19. The van der Waals surface area contributed by atoms with E-state index in [0.717, 1.165) is 30.3 Å². The number of aromatic nitrogens is 4. The lowest BCUT2D eigenvalue weighted by Gasteiger charge is -2.16. The summed E-state index contributed by atoms with van der Waals surface area (Å²) in [5, 5.41) is 4.26. The summed E-state index contributed by atoms with van der Waals surface area (Å²) in [5.74, 6) is 1.83. The van der Waals surface area contributed by atoms with Crippen LogP contribution in [0.15, 0.2) is 24.8 Å². The van der Waals surface area contributed by atoms with E-state index in [2.05, 4.69) is 20.0 Å². The Morgan fingerprint density at radius 2 is 1.88 bits per heavy atom. The van der Waals surface area contributed by atoms with Crippen LogP contribution in [-0.4, -0.2) is 32.8 Å². The molecule has 0 aliphatic carbocycles. The van der Waals surface area contributed by atoms with Gasteiger partial charge in [-0.3, -0.25) is 0 Å². The average Bonchev–Trinajstić information content (AvgIpc) is 3.00. The number of aryl methyl sites for hydroxylation is 1. The first-order valence-corrected chi connectivity index (χ1v) is 5.91. The van der Waals surface area contributed by atoms with Gasteiger partial charge in [-0.05, 0) is 25.3 Å². The summed E-state index contributed by atoms with van der Waals surface area (Å²) in [7, 11) is 0. The first-order valence-electron chi connectivity index (χ1n) is 5.91. The fraction of sp³-hybridized carbons (Fsp3) is 0.417. The standard InChI is InChI=1S/C12H15N5/c1-10-7-15-17(8-10)12-6-11(13-9-14-12)16-4-2-3-5-16/h6-9H,2-5H2,1H3. The van der Waals surface area contributed by atoms with Crippen molar-refractivity contribution in [2.75, 3.05) is 18.0 Å². The van der Waals surface area contributed by atoms with Gasteiger partial charge >= 0.3 is 0 Å². The van der Waals surface area contributed by atoms with Gasteiger partial charge in [-0.1, -0.05) is 0 Å². The molecule has 1 saturated heterocycles. The molecule has 88 valence electrons. The molecule has 0 unspecified atom stereocenters. The Hall–Kier alpha value is -1.91. The second-order valence-corrected chi connectivity index (χ2v) is 4.39. The highest BCUT2D eigenvalue weighted by atomic mass is 15.3. The minimum atomic E-state index is 0.829. The van der Waals surface area contributed by atoms with Crippen LogP contribution >= 0.6 is 0 Å². The van der Waals surface area contributed by atoms with Crippen LogP contribution in [0.1, 0.15) is 18.4 Å². The second-order valence-electron chi connectivity index (χ2n) is 4.39. The molecule has 0 saturated carbocycles. The van der Waals surface area contributed by atoms with Gasteiger partial charge in [0.2, 0.25) is 0 Å². The third kappa shape index (κ3) is 2.00. The molecule has 0 atom stereocenters. The largest absolute Gasteiger partial charge is 0.356 e. The van der Waals surface area contributed by atoms with Crippen LogP contribution in [0.4, 0.5) is 5.82 Å². The molecule has 17 heavy (non-hydrogen) atoms. The summed E-state index contributed by atoms with van der Waals surface area (Å²) in [6, 6.07) is 2.00. The normalized spacial score (nSPS) is 15.5. The van der Waals surface area contributed by atoms with E-state index in [1.807, 2.05) is 25.4 Å². The van der Waals surface area contributed by atoms with Crippen molar-refractivity contribution in [3.63, 3.8) is 0 Å². The molecule has 1 aliphatic heterocycles. The zero-order valence-corrected chi connectivity index (χ0v) is 9.87. The molecule has 0 amide bonds. The Labute approximate surface area is 100 Å². The van der Waals surface area contributed by atoms with Crippen molar-refractivity contribution < 1.29 is 0 Å². The number of hydrogen-bond acceptors (Lipinski definition) is 4. The Balaban J connectivity index is 1.93. The molecule has 1 fully saturated rings. The van der Waals surface area contributed by atoms with Crippen molar-refractivity contribution in [2.24, 2.45) is 0 Å². The lowest BCUT2D eigenvalue weighted by molar-refractivity contribution is 0.830. The van der Waals surface area contributed by atoms with E-state index in [1.54, 1.807) is 11.0 Å². The van der Waals surface area contributed by atoms with Crippen molar-refractivity contribution in [2.45, 2.75) is 19.8 Å². The first-order chi connectivity index (χ1) is 8.33. The smallest absolute Gasteiger partial charge is 0.158 e. The van der Waals surface area contributed by atoms with E-state index in [-0.39, 0.29) is 0 Å². The van der Waals surface area contributed by atoms with Crippen molar-refractivity contribution in [3.8, 4) is 5.82 Å². The molecule has 0 N–H and O–H groups in total. The maximum absolute atomic E-state index is 4.33. The molecule has 3 rings (SSSR count). The number of nitrogens with zero attached hydrogens (tertiary/aromatic N) is 5. The number of hydrogen-bond donors (Lipinski definition) is 0. The van der Waals surface area contributed by atoms with Crippen molar-refractivity contribution in [1.29, 1.82) is 0 Å². The molecular weight excluding hydrogens is 214 g/mol. The summed E-state index contributed by atoms with van der Waals surface area (Å²) >= 11 is 0. The minimum Gasteiger partial charge on any atom is -0.356 e. The van der Waals surface area contributed by atoms with Gasteiger partial charge in [-0.25, -0.2) is 14.6 Å². The Bertz CT molecular complexity index is 513. The fourth-order valence-electron chi connectivity index (χ4n) is 2.12. The Kier molecular flexibility index (Phi) is 2.51. The van der Waals surface area contributed by atoms with E-state index >= 15 is 0 Å². The predicted molar refractivity (Wildman–Crippen MR) is 65.3 cm³/mol. The molecular formula is C12H15N5. The highest BCUT2D eigenvalue weighted by Crippen LogP contribution is 2.18. The van der Waals surface area contributed by atoms with Crippen LogP contribution in [0.3, 0.4) is 0 Å². The topological polar surface area (TPSA) is 46.8 Å². The monoisotopic (exact) mass is 229 g/mol. The summed E-state index contributed by atoms with van der Waals surface area (Å²) in [6.07, 6.45) is 7.91. The summed E-state index contributed by atoms with van der Waals surface area (Å²) in [5.41, 5.74) is 1.13. The molecule has 2 aromatic rings. The lowest BCUT2D eigenvalue weighted by atomic mass is 10.4. The maximum atomic E-state index is 4.33. The zero-order valence-electron chi connectivity index (χ0n) is 9.87. The molecule has 0 bridgehead atoms. The maximum Gasteiger partial charge on any atom is 0.158 e. The van der Waals surface area contributed by atoms with Crippen LogP contribution in [0, 0.1) is 6.92 Å². The van der Waals surface area contributed by atoms with Crippen molar-refractivity contribution in [3.05, 3.63) is 30.4 Å². The van der Waals surface area contributed by atoms with Crippen LogP contribution < -0.4 is 4.90 Å². The molecule has 0 spiro atoms. The molecule has 1 aliphatic rings. The minimum absolute atomic E-state index is 0.829. The Morgan fingerprint density at radius 3 is 2.59 bits per heavy atom. The van der Waals surface area contributed by atoms with Gasteiger partial charge < -0.3 is 4.90 Å². The third-order valence-electron chi connectivity index (χ3n) is 3.01. The highest BCUT2D eigenvalue weighted by molar-refractivity contribution is 5.43. The van der Waals surface area contributed by atoms with Gasteiger partial charge in [-0.2, -0.15) is 5.10 Å².